The van der Waals surface area contributed by atoms with Crippen molar-refractivity contribution in [3.63, 3.8) is 0 Å². The molecule has 5 nitrogen and oxygen atoms in total. The van der Waals surface area contributed by atoms with Gasteiger partial charge >= 0.3 is 6.09 Å². The minimum Gasteiger partial charge on any atom is -0.465 e. The van der Waals surface area contributed by atoms with Crippen LogP contribution in [0.4, 0.5) is 10.5 Å². The molecule has 0 radical (unpaired) electrons. The number of amides is 1. The molecule has 0 aliphatic heterocycles. The molecule has 1 aromatic carbocycles. The predicted octanol–water partition coefficient (Wildman–Crippen LogP) is 4.64. The van der Waals surface area contributed by atoms with Crippen molar-refractivity contribution in [1.82, 2.24) is 4.98 Å². The molecule has 0 fully saturated rings. The van der Waals surface area contributed by atoms with Gasteiger partial charge in [-0.05, 0) is 39.0 Å². The molecule has 0 spiro atoms. The molecule has 2 rings (SSSR count). The van der Waals surface area contributed by atoms with E-state index in [1.54, 1.807) is 26.8 Å². The van der Waals surface area contributed by atoms with Gasteiger partial charge < -0.3 is 5.11 Å². The van der Waals surface area contributed by atoms with Crippen LogP contribution in [0.1, 0.15) is 31.3 Å². The first-order valence-corrected chi connectivity index (χ1v) is 7.19. The highest BCUT2D eigenvalue weighted by molar-refractivity contribution is 6.45. The minimum absolute atomic E-state index is 0.186. The molecule has 0 unspecified atom stereocenters. The summed E-state index contributed by atoms with van der Waals surface area (Å²) in [6, 6.07) is 4.56. The summed E-state index contributed by atoms with van der Waals surface area (Å²) in [4.78, 5) is 28.0. The van der Waals surface area contributed by atoms with E-state index in [1.807, 2.05) is 0 Å². The van der Waals surface area contributed by atoms with Crippen LogP contribution in [0.25, 0.3) is 10.9 Å². The first-order valence-electron chi connectivity index (χ1n) is 6.44. The van der Waals surface area contributed by atoms with E-state index in [0.717, 1.165) is 4.90 Å². The molecule has 0 aliphatic carbocycles. The van der Waals surface area contributed by atoms with Gasteiger partial charge in [-0.1, -0.05) is 23.2 Å². The van der Waals surface area contributed by atoms with Gasteiger partial charge in [0.1, 0.15) is 5.69 Å². The molecule has 1 heterocycles. The van der Waals surface area contributed by atoms with Gasteiger partial charge in [-0.25, -0.2) is 9.78 Å². The lowest BCUT2D eigenvalue weighted by Crippen LogP contribution is -2.45. The van der Waals surface area contributed by atoms with Crippen molar-refractivity contribution in [2.45, 2.75) is 26.3 Å². The van der Waals surface area contributed by atoms with Gasteiger partial charge in [0.2, 0.25) is 0 Å². The number of carbonyl (C=O) groups is 2. The zero-order chi connectivity index (χ0) is 16.7. The normalized spacial score (nSPS) is 11.5. The van der Waals surface area contributed by atoms with Gasteiger partial charge in [0.25, 0.3) is 0 Å². The van der Waals surface area contributed by atoms with Crippen LogP contribution in [0.15, 0.2) is 18.2 Å². The van der Waals surface area contributed by atoms with Gasteiger partial charge in [0.05, 0.1) is 21.2 Å². The highest BCUT2D eigenvalue weighted by atomic mass is 35.5. The molecule has 1 N–H and O–H groups in total. The van der Waals surface area contributed by atoms with Crippen molar-refractivity contribution >= 4 is 52.2 Å². The number of benzene rings is 1. The molecule has 1 aromatic heterocycles. The molecule has 0 saturated heterocycles. The highest BCUT2D eigenvalue weighted by Crippen LogP contribution is 2.39. The number of pyridine rings is 1. The number of rotatable bonds is 2. The number of hydrogen-bond donors (Lipinski definition) is 1. The Morgan fingerprint density at radius 3 is 2.45 bits per heavy atom. The van der Waals surface area contributed by atoms with E-state index in [4.69, 9.17) is 23.2 Å². The molecule has 0 bridgehead atoms. The fraction of sp³-hybridized carbons (Fsp3) is 0.267. The van der Waals surface area contributed by atoms with Crippen molar-refractivity contribution in [3.8, 4) is 0 Å². The van der Waals surface area contributed by atoms with E-state index in [2.05, 4.69) is 4.98 Å². The number of halogens is 2. The SMILES string of the molecule is CC(C)(C)N(C(=O)O)c1cc(Cl)c(Cl)c2ccc(C=O)nc12. The Hall–Kier alpha value is -1.85. The molecule has 0 atom stereocenters. The highest BCUT2D eigenvalue weighted by Gasteiger charge is 2.30. The van der Waals surface area contributed by atoms with Crippen molar-refractivity contribution < 1.29 is 14.7 Å². The lowest BCUT2D eigenvalue weighted by molar-refractivity contribution is 0.111. The molecule has 7 heteroatoms. The lowest BCUT2D eigenvalue weighted by Gasteiger charge is -2.33. The maximum atomic E-state index is 11.7. The van der Waals surface area contributed by atoms with Crippen LogP contribution in [0, 0.1) is 0 Å². The quantitative estimate of drug-likeness (QED) is 0.808. The second-order valence-corrected chi connectivity index (χ2v) is 6.52. The summed E-state index contributed by atoms with van der Waals surface area (Å²) < 4.78 is 0. The van der Waals surface area contributed by atoms with E-state index in [-0.39, 0.29) is 21.4 Å². The number of carboxylic acid groups (broad SMARTS) is 1. The molecular formula is C15H14Cl2N2O3. The Morgan fingerprint density at radius 1 is 1.32 bits per heavy atom. The standard InChI is InChI=1S/C15H14Cl2N2O3/c1-15(2,3)19(14(21)22)11-6-10(16)12(17)9-5-4-8(7-20)18-13(9)11/h4-7H,1-3H3,(H,21,22). The molecule has 0 saturated carbocycles. The Morgan fingerprint density at radius 2 is 1.95 bits per heavy atom. The minimum atomic E-state index is -1.15. The maximum absolute atomic E-state index is 11.7. The fourth-order valence-electron chi connectivity index (χ4n) is 2.21. The average molecular weight is 341 g/mol. The largest absolute Gasteiger partial charge is 0.465 e. The average Bonchev–Trinajstić information content (AvgIpc) is 2.42. The number of fused-ring (bicyclic) bond motifs is 1. The summed E-state index contributed by atoms with van der Waals surface area (Å²) in [5.74, 6) is 0. The number of anilines is 1. The number of aromatic nitrogens is 1. The summed E-state index contributed by atoms with van der Waals surface area (Å²) in [6.45, 7) is 5.25. The summed E-state index contributed by atoms with van der Waals surface area (Å²) in [7, 11) is 0. The molecule has 0 aliphatic rings. The maximum Gasteiger partial charge on any atom is 0.412 e. The van der Waals surface area contributed by atoms with E-state index >= 15 is 0 Å². The van der Waals surface area contributed by atoms with Crippen LogP contribution in [0.3, 0.4) is 0 Å². The van der Waals surface area contributed by atoms with Crippen LogP contribution < -0.4 is 4.90 Å². The summed E-state index contributed by atoms with van der Waals surface area (Å²) in [5, 5.41) is 10.5. The topological polar surface area (TPSA) is 70.5 Å². The van der Waals surface area contributed by atoms with Crippen molar-refractivity contribution in [1.29, 1.82) is 0 Å². The van der Waals surface area contributed by atoms with Gasteiger partial charge in [0.15, 0.2) is 6.29 Å². The predicted molar refractivity (Wildman–Crippen MR) is 87.4 cm³/mol. The Labute approximate surface area is 137 Å². The molecule has 116 valence electrons. The van der Waals surface area contributed by atoms with Gasteiger partial charge in [-0.2, -0.15) is 0 Å². The fourth-order valence-corrected chi connectivity index (χ4v) is 2.63. The van der Waals surface area contributed by atoms with Crippen LogP contribution in [-0.4, -0.2) is 28.0 Å². The Bertz CT molecular complexity index is 769. The number of carbonyl (C=O) groups excluding carboxylic acids is 1. The molecule has 22 heavy (non-hydrogen) atoms. The van der Waals surface area contributed by atoms with Crippen LogP contribution in [-0.2, 0) is 0 Å². The van der Waals surface area contributed by atoms with Gasteiger partial charge in [0, 0.05) is 10.9 Å². The number of hydrogen-bond acceptors (Lipinski definition) is 3. The Kier molecular flexibility index (Phi) is 4.31. The second kappa shape index (κ2) is 5.74. The van der Waals surface area contributed by atoms with E-state index in [1.165, 1.54) is 12.1 Å². The first-order chi connectivity index (χ1) is 10.2. The van der Waals surface area contributed by atoms with E-state index in [9.17, 15) is 14.7 Å². The van der Waals surface area contributed by atoms with E-state index < -0.39 is 11.6 Å². The van der Waals surface area contributed by atoms with E-state index in [0.29, 0.717) is 17.2 Å². The number of aldehydes is 1. The summed E-state index contributed by atoms with van der Waals surface area (Å²) in [5.41, 5.74) is 0.0604. The zero-order valence-electron chi connectivity index (χ0n) is 12.2. The van der Waals surface area contributed by atoms with Crippen LogP contribution in [0.5, 0.6) is 0 Å². The van der Waals surface area contributed by atoms with Crippen molar-refractivity contribution in [3.05, 3.63) is 33.9 Å². The van der Waals surface area contributed by atoms with Gasteiger partial charge in [-0.3, -0.25) is 9.69 Å². The third-order valence-electron chi connectivity index (χ3n) is 3.09. The van der Waals surface area contributed by atoms with Crippen LogP contribution in [0.2, 0.25) is 10.0 Å². The van der Waals surface area contributed by atoms with Crippen LogP contribution >= 0.6 is 23.2 Å². The lowest BCUT2D eigenvalue weighted by atomic mass is 10.0. The monoisotopic (exact) mass is 340 g/mol. The summed E-state index contributed by atoms with van der Waals surface area (Å²) in [6.07, 6.45) is -0.556. The third-order valence-corrected chi connectivity index (χ3v) is 3.89. The summed E-state index contributed by atoms with van der Waals surface area (Å²) >= 11 is 12.3. The zero-order valence-corrected chi connectivity index (χ0v) is 13.7. The second-order valence-electron chi connectivity index (χ2n) is 5.73. The Balaban J connectivity index is 2.90. The first kappa shape index (κ1) is 16.5. The van der Waals surface area contributed by atoms with Crippen molar-refractivity contribution in [2.75, 3.05) is 4.90 Å². The van der Waals surface area contributed by atoms with Crippen molar-refractivity contribution in [2.24, 2.45) is 0 Å². The van der Waals surface area contributed by atoms with Gasteiger partial charge in [-0.15, -0.1) is 0 Å². The number of nitrogens with zero attached hydrogens (tertiary/aromatic N) is 2. The third kappa shape index (κ3) is 2.87. The molecule has 2 aromatic rings. The molecular weight excluding hydrogens is 327 g/mol. The smallest absolute Gasteiger partial charge is 0.412 e. The molecule has 1 amide bonds.